The van der Waals surface area contributed by atoms with Crippen LogP contribution < -0.4 is 5.73 Å². The Hall–Kier alpha value is -0.840. The second kappa shape index (κ2) is 5.90. The fourth-order valence-electron chi connectivity index (χ4n) is 1.46. The van der Waals surface area contributed by atoms with Gasteiger partial charge in [-0.3, -0.25) is 4.90 Å². The van der Waals surface area contributed by atoms with Crippen molar-refractivity contribution in [2.75, 3.05) is 27.3 Å². The number of rotatable bonds is 6. The third-order valence-corrected chi connectivity index (χ3v) is 2.36. The van der Waals surface area contributed by atoms with E-state index in [0.717, 1.165) is 36.8 Å². The Morgan fingerprint density at radius 2 is 2.27 bits per heavy atom. The maximum absolute atomic E-state index is 5.61. The monoisotopic (exact) mass is 212 g/mol. The van der Waals surface area contributed by atoms with E-state index in [1.807, 2.05) is 20.0 Å². The fourth-order valence-corrected chi connectivity index (χ4v) is 1.46. The molecule has 0 saturated heterocycles. The van der Waals surface area contributed by atoms with Gasteiger partial charge in [-0.05, 0) is 25.6 Å². The van der Waals surface area contributed by atoms with Gasteiger partial charge in [0, 0.05) is 13.7 Å². The Morgan fingerprint density at radius 1 is 1.53 bits per heavy atom. The van der Waals surface area contributed by atoms with Gasteiger partial charge in [0.25, 0.3) is 0 Å². The van der Waals surface area contributed by atoms with Crippen LogP contribution in [0.1, 0.15) is 17.1 Å². The summed E-state index contributed by atoms with van der Waals surface area (Å²) in [5, 5.41) is 0. The molecule has 86 valence electrons. The third kappa shape index (κ3) is 3.66. The largest absolute Gasteiger partial charge is 0.463 e. The summed E-state index contributed by atoms with van der Waals surface area (Å²) < 4.78 is 10.6. The van der Waals surface area contributed by atoms with Crippen molar-refractivity contribution in [3.05, 3.63) is 23.2 Å². The van der Waals surface area contributed by atoms with Crippen LogP contribution in [0.2, 0.25) is 0 Å². The Balaban J connectivity index is 2.49. The lowest BCUT2D eigenvalue weighted by molar-refractivity contribution is 0.154. The van der Waals surface area contributed by atoms with Crippen LogP contribution in [0.15, 0.2) is 10.5 Å². The van der Waals surface area contributed by atoms with E-state index >= 15 is 0 Å². The summed E-state index contributed by atoms with van der Waals surface area (Å²) in [6.07, 6.45) is 0. The van der Waals surface area contributed by atoms with E-state index in [2.05, 4.69) is 4.90 Å². The molecule has 2 N–H and O–H groups in total. The van der Waals surface area contributed by atoms with Crippen LogP contribution in [0.25, 0.3) is 0 Å². The van der Waals surface area contributed by atoms with Crippen LogP contribution in [0.5, 0.6) is 0 Å². The molecular formula is C11H20N2O2. The number of methoxy groups -OCH3 is 1. The minimum absolute atomic E-state index is 0.466. The second-order valence-corrected chi connectivity index (χ2v) is 3.75. The molecule has 0 saturated carbocycles. The number of ether oxygens (including phenoxy) is 1. The van der Waals surface area contributed by atoms with E-state index < -0.39 is 0 Å². The van der Waals surface area contributed by atoms with Crippen LogP contribution in [0, 0.1) is 6.92 Å². The number of nitrogens with zero attached hydrogens (tertiary/aromatic N) is 1. The molecule has 0 aromatic carbocycles. The molecule has 0 aliphatic rings. The summed E-state index contributed by atoms with van der Waals surface area (Å²) in [5.74, 6) is 1.84. The lowest BCUT2D eigenvalue weighted by atomic mass is 10.2. The van der Waals surface area contributed by atoms with Gasteiger partial charge in [-0.2, -0.15) is 0 Å². The fraction of sp³-hybridized carbons (Fsp3) is 0.636. The summed E-state index contributed by atoms with van der Waals surface area (Å²) in [6, 6.07) is 2.05. The highest BCUT2D eigenvalue weighted by atomic mass is 16.5. The van der Waals surface area contributed by atoms with Gasteiger partial charge in [-0.1, -0.05) is 0 Å². The predicted octanol–water partition coefficient (Wildman–Crippen LogP) is 1.12. The van der Waals surface area contributed by atoms with Gasteiger partial charge in [0.1, 0.15) is 11.5 Å². The van der Waals surface area contributed by atoms with Gasteiger partial charge in [0.05, 0.1) is 19.7 Å². The summed E-state index contributed by atoms with van der Waals surface area (Å²) in [5.41, 5.74) is 6.68. The third-order valence-electron chi connectivity index (χ3n) is 2.36. The van der Waals surface area contributed by atoms with Gasteiger partial charge < -0.3 is 14.9 Å². The van der Waals surface area contributed by atoms with E-state index in [-0.39, 0.29) is 0 Å². The van der Waals surface area contributed by atoms with Gasteiger partial charge in [-0.15, -0.1) is 0 Å². The molecule has 4 heteroatoms. The highest BCUT2D eigenvalue weighted by Crippen LogP contribution is 2.15. The zero-order valence-electron chi connectivity index (χ0n) is 9.75. The molecule has 1 rings (SSSR count). The Kier molecular flexibility index (Phi) is 4.81. The average molecular weight is 212 g/mol. The van der Waals surface area contributed by atoms with Crippen LogP contribution in [-0.4, -0.2) is 32.2 Å². The minimum atomic E-state index is 0.466. The number of likely N-dealkylation sites (N-methyl/N-ethyl adjacent to an activating group) is 1. The zero-order valence-corrected chi connectivity index (χ0v) is 9.75. The number of nitrogens with two attached hydrogens (primary N) is 1. The molecule has 1 heterocycles. The normalized spacial score (nSPS) is 11.3. The average Bonchev–Trinajstić information content (AvgIpc) is 2.55. The zero-order chi connectivity index (χ0) is 11.3. The van der Waals surface area contributed by atoms with Crippen molar-refractivity contribution >= 4 is 0 Å². The SMILES string of the molecule is COCCN(C)Cc1cc(C)c(CN)o1. The molecule has 0 aliphatic heterocycles. The number of hydrogen-bond acceptors (Lipinski definition) is 4. The molecule has 1 aromatic rings. The molecule has 0 fully saturated rings. The topological polar surface area (TPSA) is 51.6 Å². The second-order valence-electron chi connectivity index (χ2n) is 3.75. The molecule has 0 atom stereocenters. The minimum Gasteiger partial charge on any atom is -0.463 e. The van der Waals surface area contributed by atoms with Gasteiger partial charge >= 0.3 is 0 Å². The molecule has 0 radical (unpaired) electrons. The standard InChI is InChI=1S/C11H20N2O2/c1-9-6-10(15-11(9)7-12)8-13(2)4-5-14-3/h6H,4-5,7-8,12H2,1-3H3. The highest BCUT2D eigenvalue weighted by Gasteiger charge is 2.08. The van der Waals surface area contributed by atoms with E-state index in [1.165, 1.54) is 0 Å². The molecule has 0 amide bonds. The molecule has 15 heavy (non-hydrogen) atoms. The van der Waals surface area contributed by atoms with Crippen molar-refractivity contribution in [2.24, 2.45) is 5.73 Å². The molecule has 0 aliphatic carbocycles. The van der Waals surface area contributed by atoms with E-state index in [1.54, 1.807) is 7.11 Å². The van der Waals surface area contributed by atoms with Crippen molar-refractivity contribution in [1.29, 1.82) is 0 Å². The van der Waals surface area contributed by atoms with Crippen molar-refractivity contribution in [2.45, 2.75) is 20.0 Å². The summed E-state index contributed by atoms with van der Waals surface area (Å²) >= 11 is 0. The maximum Gasteiger partial charge on any atom is 0.120 e. The number of hydrogen-bond donors (Lipinski definition) is 1. The summed E-state index contributed by atoms with van der Waals surface area (Å²) in [6.45, 7) is 4.91. The Bertz CT molecular complexity index is 297. The Morgan fingerprint density at radius 3 is 2.80 bits per heavy atom. The highest BCUT2D eigenvalue weighted by molar-refractivity contribution is 5.19. The Labute approximate surface area is 91.0 Å². The maximum atomic E-state index is 5.61. The summed E-state index contributed by atoms with van der Waals surface area (Å²) in [7, 11) is 3.75. The molecule has 0 bridgehead atoms. The molecule has 4 nitrogen and oxygen atoms in total. The molecule has 1 aromatic heterocycles. The first-order chi connectivity index (χ1) is 7.17. The van der Waals surface area contributed by atoms with E-state index in [9.17, 15) is 0 Å². The van der Waals surface area contributed by atoms with Crippen molar-refractivity contribution in [1.82, 2.24) is 4.90 Å². The van der Waals surface area contributed by atoms with Crippen molar-refractivity contribution < 1.29 is 9.15 Å². The van der Waals surface area contributed by atoms with Crippen LogP contribution in [0.4, 0.5) is 0 Å². The smallest absolute Gasteiger partial charge is 0.120 e. The summed E-state index contributed by atoms with van der Waals surface area (Å²) in [4.78, 5) is 2.15. The molecule has 0 unspecified atom stereocenters. The van der Waals surface area contributed by atoms with E-state index in [4.69, 9.17) is 14.9 Å². The lowest BCUT2D eigenvalue weighted by Crippen LogP contribution is -2.21. The van der Waals surface area contributed by atoms with Gasteiger partial charge in [0.2, 0.25) is 0 Å². The number of aryl methyl sites for hydroxylation is 1. The predicted molar refractivity (Wildman–Crippen MR) is 59.5 cm³/mol. The molecular weight excluding hydrogens is 192 g/mol. The van der Waals surface area contributed by atoms with Gasteiger partial charge in [-0.25, -0.2) is 0 Å². The van der Waals surface area contributed by atoms with Gasteiger partial charge in [0.15, 0.2) is 0 Å². The van der Waals surface area contributed by atoms with Crippen LogP contribution in [-0.2, 0) is 17.8 Å². The van der Waals surface area contributed by atoms with Crippen LogP contribution >= 0.6 is 0 Å². The first-order valence-electron chi connectivity index (χ1n) is 5.13. The van der Waals surface area contributed by atoms with Crippen molar-refractivity contribution in [3.63, 3.8) is 0 Å². The van der Waals surface area contributed by atoms with Crippen LogP contribution in [0.3, 0.4) is 0 Å². The molecule has 0 spiro atoms. The number of furan rings is 1. The quantitative estimate of drug-likeness (QED) is 0.768. The van der Waals surface area contributed by atoms with E-state index in [0.29, 0.717) is 6.54 Å². The first kappa shape index (κ1) is 12.2. The first-order valence-corrected chi connectivity index (χ1v) is 5.13. The van der Waals surface area contributed by atoms with Crippen molar-refractivity contribution in [3.8, 4) is 0 Å². The lowest BCUT2D eigenvalue weighted by Gasteiger charge is -2.13.